The van der Waals surface area contributed by atoms with Crippen LogP contribution in [0.25, 0.3) is 0 Å². The summed E-state index contributed by atoms with van der Waals surface area (Å²) in [6, 6.07) is 5.75. The highest BCUT2D eigenvalue weighted by Gasteiger charge is 2.39. The molecule has 0 spiro atoms. The average molecular weight is 319 g/mol. The molecule has 0 saturated carbocycles. The van der Waals surface area contributed by atoms with E-state index in [1.165, 1.54) is 18.2 Å². The number of anilines is 1. The van der Waals surface area contributed by atoms with Gasteiger partial charge >= 0.3 is 18.1 Å². The van der Waals surface area contributed by atoms with Crippen molar-refractivity contribution in [1.82, 2.24) is 0 Å². The van der Waals surface area contributed by atoms with Crippen LogP contribution in [0, 0.1) is 0 Å². The summed E-state index contributed by atoms with van der Waals surface area (Å²) in [6.07, 6.45) is -4.48. The van der Waals surface area contributed by atoms with Gasteiger partial charge in [0.25, 0.3) is 0 Å². The van der Waals surface area contributed by atoms with Crippen LogP contribution in [0.15, 0.2) is 24.3 Å². The standard InChI is InChI=1S/C14H16F3NO4/c1-2-21-12(19)8-5-9-22-11-7-4-3-6-10(11)18-13(20)14(15,16)17/h3-4,6-7H,2,5,8-9H2,1H3,(H,18,20). The predicted molar refractivity (Wildman–Crippen MR) is 72.5 cm³/mol. The smallest absolute Gasteiger partial charge is 0.471 e. The Bertz CT molecular complexity index is 517. The molecule has 0 heterocycles. The van der Waals surface area contributed by atoms with Gasteiger partial charge in [-0.2, -0.15) is 13.2 Å². The Morgan fingerprint density at radius 1 is 1.23 bits per heavy atom. The number of carbonyl (C=O) groups is 2. The van der Waals surface area contributed by atoms with E-state index in [0.29, 0.717) is 6.42 Å². The molecule has 1 rings (SSSR count). The summed E-state index contributed by atoms with van der Waals surface area (Å²) in [5.74, 6) is -2.34. The lowest BCUT2D eigenvalue weighted by atomic mass is 10.3. The van der Waals surface area contributed by atoms with Gasteiger partial charge < -0.3 is 14.8 Å². The van der Waals surface area contributed by atoms with Gasteiger partial charge in [0.05, 0.1) is 18.9 Å². The molecule has 0 atom stereocenters. The predicted octanol–water partition coefficient (Wildman–Crippen LogP) is 2.91. The number of nitrogens with one attached hydrogen (secondary N) is 1. The van der Waals surface area contributed by atoms with Crippen LogP contribution < -0.4 is 10.1 Å². The van der Waals surface area contributed by atoms with E-state index in [-0.39, 0.29) is 37.0 Å². The molecule has 0 fully saturated rings. The fourth-order valence-electron chi connectivity index (χ4n) is 1.52. The normalized spacial score (nSPS) is 10.9. The summed E-state index contributed by atoms with van der Waals surface area (Å²) in [6.45, 7) is 2.08. The Labute approximate surface area is 125 Å². The fourth-order valence-corrected chi connectivity index (χ4v) is 1.52. The highest BCUT2D eigenvalue weighted by Crippen LogP contribution is 2.26. The molecule has 8 heteroatoms. The van der Waals surface area contributed by atoms with Crippen molar-refractivity contribution in [3.8, 4) is 5.75 Å². The number of hydrogen-bond donors (Lipinski definition) is 1. The minimum atomic E-state index is -4.98. The van der Waals surface area contributed by atoms with Crippen LogP contribution in [0.1, 0.15) is 19.8 Å². The maximum absolute atomic E-state index is 12.2. The summed E-state index contributed by atoms with van der Waals surface area (Å²) in [5.41, 5.74) is -0.0824. The molecule has 122 valence electrons. The molecule has 0 saturated heterocycles. The molecule has 0 bridgehead atoms. The van der Waals surface area contributed by atoms with E-state index in [1.807, 2.05) is 0 Å². The van der Waals surface area contributed by atoms with Crippen LogP contribution in [0.4, 0.5) is 18.9 Å². The molecule has 0 unspecified atom stereocenters. The van der Waals surface area contributed by atoms with Gasteiger partial charge in [-0.1, -0.05) is 12.1 Å². The second-order valence-corrected chi connectivity index (χ2v) is 4.21. The van der Waals surface area contributed by atoms with Crippen molar-refractivity contribution in [3.05, 3.63) is 24.3 Å². The average Bonchev–Trinajstić information content (AvgIpc) is 2.44. The first-order valence-corrected chi connectivity index (χ1v) is 6.60. The molecule has 1 aromatic rings. The van der Waals surface area contributed by atoms with Crippen LogP contribution in [0.3, 0.4) is 0 Å². The molecule has 0 aromatic heterocycles. The highest BCUT2D eigenvalue weighted by molar-refractivity contribution is 5.96. The van der Waals surface area contributed by atoms with E-state index >= 15 is 0 Å². The van der Waals surface area contributed by atoms with Crippen molar-refractivity contribution in [2.24, 2.45) is 0 Å². The quantitative estimate of drug-likeness (QED) is 0.620. The zero-order chi connectivity index (χ0) is 16.6. The molecule has 1 aromatic carbocycles. The highest BCUT2D eigenvalue weighted by atomic mass is 19.4. The van der Waals surface area contributed by atoms with Gasteiger partial charge in [-0.3, -0.25) is 9.59 Å². The van der Waals surface area contributed by atoms with Crippen LogP contribution >= 0.6 is 0 Å². The van der Waals surface area contributed by atoms with Crippen molar-refractivity contribution < 1.29 is 32.2 Å². The summed E-state index contributed by atoms with van der Waals surface area (Å²) in [5, 5.41) is 1.74. The maximum atomic E-state index is 12.2. The number of esters is 1. The summed E-state index contributed by atoms with van der Waals surface area (Å²) < 4.78 is 46.7. The second-order valence-electron chi connectivity index (χ2n) is 4.21. The van der Waals surface area contributed by atoms with Crippen LogP contribution in [-0.4, -0.2) is 31.3 Å². The monoisotopic (exact) mass is 319 g/mol. The van der Waals surface area contributed by atoms with Crippen molar-refractivity contribution in [1.29, 1.82) is 0 Å². The van der Waals surface area contributed by atoms with E-state index in [9.17, 15) is 22.8 Å². The van der Waals surface area contributed by atoms with E-state index < -0.39 is 12.1 Å². The van der Waals surface area contributed by atoms with Crippen molar-refractivity contribution in [2.75, 3.05) is 18.5 Å². The minimum absolute atomic E-state index is 0.0824. The third kappa shape index (κ3) is 6.02. The number of carbonyl (C=O) groups excluding carboxylic acids is 2. The molecule has 0 radical (unpaired) electrons. The van der Waals surface area contributed by atoms with Gasteiger partial charge in [0.2, 0.25) is 0 Å². The lowest BCUT2D eigenvalue weighted by Crippen LogP contribution is -2.30. The first-order chi connectivity index (χ1) is 10.3. The molecular weight excluding hydrogens is 303 g/mol. The van der Waals surface area contributed by atoms with Gasteiger partial charge in [-0.15, -0.1) is 0 Å². The second kappa shape index (κ2) is 8.26. The third-order valence-corrected chi connectivity index (χ3v) is 2.48. The van der Waals surface area contributed by atoms with Crippen molar-refractivity contribution in [2.45, 2.75) is 25.9 Å². The molecule has 1 N–H and O–H groups in total. The topological polar surface area (TPSA) is 64.6 Å². The number of hydrogen-bond acceptors (Lipinski definition) is 4. The largest absolute Gasteiger partial charge is 0.491 e. The molecule has 0 aliphatic carbocycles. The van der Waals surface area contributed by atoms with Gasteiger partial charge in [0, 0.05) is 6.42 Å². The molecule has 1 amide bonds. The Hall–Kier alpha value is -2.25. The van der Waals surface area contributed by atoms with Gasteiger partial charge in [0.15, 0.2) is 0 Å². The Morgan fingerprint density at radius 2 is 1.91 bits per heavy atom. The van der Waals surface area contributed by atoms with Gasteiger partial charge in [0.1, 0.15) is 5.75 Å². The number of alkyl halides is 3. The Morgan fingerprint density at radius 3 is 2.55 bits per heavy atom. The lowest BCUT2D eigenvalue weighted by Gasteiger charge is -2.13. The van der Waals surface area contributed by atoms with Crippen LogP contribution in [0.2, 0.25) is 0 Å². The number of ether oxygens (including phenoxy) is 2. The molecular formula is C14H16F3NO4. The SMILES string of the molecule is CCOC(=O)CCCOc1ccccc1NC(=O)C(F)(F)F. The van der Waals surface area contributed by atoms with E-state index in [4.69, 9.17) is 9.47 Å². The first-order valence-electron chi connectivity index (χ1n) is 6.60. The number of amides is 1. The van der Waals surface area contributed by atoms with E-state index in [0.717, 1.165) is 0 Å². The number of rotatable bonds is 7. The molecule has 0 aliphatic heterocycles. The maximum Gasteiger partial charge on any atom is 0.471 e. The van der Waals surface area contributed by atoms with E-state index in [1.54, 1.807) is 18.3 Å². The zero-order valence-corrected chi connectivity index (χ0v) is 11.9. The summed E-state index contributed by atoms with van der Waals surface area (Å²) >= 11 is 0. The number of halogens is 3. The first kappa shape index (κ1) is 17.8. The number of para-hydroxylation sites is 2. The zero-order valence-electron chi connectivity index (χ0n) is 11.9. The minimum Gasteiger partial charge on any atom is -0.491 e. The Kier molecular flexibility index (Phi) is 6.68. The van der Waals surface area contributed by atoms with Crippen LogP contribution in [0.5, 0.6) is 5.75 Å². The fraction of sp³-hybridized carbons (Fsp3) is 0.429. The summed E-state index contributed by atoms with van der Waals surface area (Å²) in [4.78, 5) is 22.0. The third-order valence-electron chi connectivity index (χ3n) is 2.48. The number of benzene rings is 1. The van der Waals surface area contributed by atoms with Crippen molar-refractivity contribution >= 4 is 17.6 Å². The van der Waals surface area contributed by atoms with Gasteiger partial charge in [-0.25, -0.2) is 0 Å². The molecule has 5 nitrogen and oxygen atoms in total. The lowest BCUT2D eigenvalue weighted by molar-refractivity contribution is -0.167. The molecule has 22 heavy (non-hydrogen) atoms. The van der Waals surface area contributed by atoms with Crippen molar-refractivity contribution in [3.63, 3.8) is 0 Å². The van der Waals surface area contributed by atoms with E-state index in [2.05, 4.69) is 0 Å². The Balaban J connectivity index is 2.54. The van der Waals surface area contributed by atoms with Gasteiger partial charge in [-0.05, 0) is 25.5 Å². The van der Waals surface area contributed by atoms with Crippen LogP contribution in [-0.2, 0) is 14.3 Å². The molecule has 0 aliphatic rings. The summed E-state index contributed by atoms with van der Waals surface area (Å²) in [7, 11) is 0.